The molecule has 3 aromatic rings. The zero-order chi connectivity index (χ0) is 19.4. The van der Waals surface area contributed by atoms with E-state index in [1.54, 1.807) is 0 Å². The van der Waals surface area contributed by atoms with E-state index in [4.69, 9.17) is 4.74 Å². The summed E-state index contributed by atoms with van der Waals surface area (Å²) in [5.41, 5.74) is 0.305. The number of aryl methyl sites for hydroxylation is 1. The smallest absolute Gasteiger partial charge is 0.429 e. The molecule has 0 atom stereocenters. The number of halogens is 4. The van der Waals surface area contributed by atoms with Crippen LogP contribution >= 0.6 is 0 Å². The molecule has 0 aromatic heterocycles. The Hall–Kier alpha value is -3.02. The number of rotatable bonds is 6. The summed E-state index contributed by atoms with van der Waals surface area (Å²) in [4.78, 5) is 0. The molecule has 0 saturated heterocycles. The predicted octanol–water partition coefficient (Wildman–Crippen LogP) is 5.98. The maximum absolute atomic E-state index is 14.3. The lowest BCUT2D eigenvalue weighted by Gasteiger charge is -2.19. The second-order valence-corrected chi connectivity index (χ2v) is 6.00. The van der Waals surface area contributed by atoms with Crippen LogP contribution in [0, 0.1) is 18.6 Å². The van der Waals surface area contributed by atoms with Crippen molar-refractivity contribution in [1.82, 2.24) is 0 Å². The van der Waals surface area contributed by atoms with E-state index in [0.717, 1.165) is 23.8 Å². The number of ether oxygens (including phenoxy) is 2. The van der Waals surface area contributed by atoms with Crippen LogP contribution in [0.4, 0.5) is 17.6 Å². The largest absolute Gasteiger partial charge is 0.489 e. The van der Waals surface area contributed by atoms with Crippen LogP contribution in [-0.2, 0) is 12.7 Å². The zero-order valence-corrected chi connectivity index (χ0v) is 14.4. The van der Waals surface area contributed by atoms with Gasteiger partial charge in [0.2, 0.25) is 0 Å². The first-order chi connectivity index (χ1) is 12.8. The van der Waals surface area contributed by atoms with Crippen LogP contribution in [0.3, 0.4) is 0 Å². The predicted molar refractivity (Wildman–Crippen MR) is 92.8 cm³/mol. The first kappa shape index (κ1) is 18.8. The van der Waals surface area contributed by atoms with Crippen molar-refractivity contribution in [1.29, 1.82) is 0 Å². The number of hydrogen-bond donors (Lipinski definition) is 0. The van der Waals surface area contributed by atoms with Crippen LogP contribution in [0.15, 0.2) is 66.7 Å². The lowest BCUT2D eigenvalue weighted by molar-refractivity contribution is -0.187. The first-order valence-corrected chi connectivity index (χ1v) is 8.14. The summed E-state index contributed by atoms with van der Waals surface area (Å²) in [5.74, 6) is -2.18. The molecule has 0 amide bonds. The fraction of sp³-hybridized carbons (Fsp3) is 0.143. The molecule has 3 aromatic carbocycles. The SMILES string of the molecule is Cc1cc(F)cc(OC(F)(F)c2ccc(OCc3ccccc3)cc2F)c1. The zero-order valence-electron chi connectivity index (χ0n) is 14.4. The van der Waals surface area contributed by atoms with E-state index in [1.165, 1.54) is 25.1 Å². The quantitative estimate of drug-likeness (QED) is 0.493. The molecule has 3 rings (SSSR count). The molecule has 0 aliphatic rings. The second-order valence-electron chi connectivity index (χ2n) is 6.00. The van der Waals surface area contributed by atoms with Gasteiger partial charge in [-0.2, -0.15) is 8.78 Å². The van der Waals surface area contributed by atoms with Crippen LogP contribution in [0.5, 0.6) is 11.5 Å². The standard InChI is InChI=1S/C21H16F4O2/c1-14-9-16(22)11-18(10-14)27-21(24,25)19-8-7-17(12-20(19)23)26-13-15-5-3-2-4-6-15/h2-12H,13H2,1H3. The molecule has 0 fully saturated rings. The van der Waals surface area contributed by atoms with Crippen molar-refractivity contribution < 1.29 is 27.0 Å². The summed E-state index contributed by atoms with van der Waals surface area (Å²) >= 11 is 0. The Morgan fingerprint density at radius 1 is 0.852 bits per heavy atom. The van der Waals surface area contributed by atoms with Gasteiger partial charge in [0, 0.05) is 12.1 Å². The van der Waals surface area contributed by atoms with E-state index in [0.29, 0.717) is 5.56 Å². The minimum Gasteiger partial charge on any atom is -0.489 e. The Kier molecular flexibility index (Phi) is 5.35. The minimum atomic E-state index is -3.97. The maximum Gasteiger partial charge on any atom is 0.429 e. The highest BCUT2D eigenvalue weighted by Gasteiger charge is 2.38. The van der Waals surface area contributed by atoms with E-state index in [9.17, 15) is 17.6 Å². The fourth-order valence-electron chi connectivity index (χ4n) is 2.53. The average Bonchev–Trinajstić information content (AvgIpc) is 2.59. The van der Waals surface area contributed by atoms with E-state index in [2.05, 4.69) is 4.74 Å². The third kappa shape index (κ3) is 4.78. The van der Waals surface area contributed by atoms with Crippen molar-refractivity contribution >= 4 is 0 Å². The molecule has 0 aliphatic carbocycles. The molecule has 0 N–H and O–H groups in total. The van der Waals surface area contributed by atoms with E-state index in [-0.39, 0.29) is 18.1 Å². The highest BCUT2D eigenvalue weighted by atomic mass is 19.3. The topological polar surface area (TPSA) is 18.5 Å². The van der Waals surface area contributed by atoms with Crippen LogP contribution < -0.4 is 9.47 Å². The van der Waals surface area contributed by atoms with Crippen molar-refractivity contribution in [3.05, 3.63) is 95.1 Å². The lowest BCUT2D eigenvalue weighted by Crippen LogP contribution is -2.23. The van der Waals surface area contributed by atoms with Gasteiger partial charge < -0.3 is 9.47 Å². The van der Waals surface area contributed by atoms with Gasteiger partial charge in [-0.25, -0.2) is 8.78 Å². The molecule has 0 aliphatic heterocycles. The summed E-state index contributed by atoms with van der Waals surface area (Å²) in [6, 6.07) is 15.4. The van der Waals surface area contributed by atoms with Crippen LogP contribution in [0.2, 0.25) is 0 Å². The van der Waals surface area contributed by atoms with Gasteiger partial charge in [-0.1, -0.05) is 30.3 Å². The Balaban J connectivity index is 1.75. The van der Waals surface area contributed by atoms with Gasteiger partial charge in [0.05, 0.1) is 0 Å². The number of benzene rings is 3. The van der Waals surface area contributed by atoms with Crippen LogP contribution in [-0.4, -0.2) is 0 Å². The van der Waals surface area contributed by atoms with Crippen LogP contribution in [0.1, 0.15) is 16.7 Å². The van der Waals surface area contributed by atoms with Crippen molar-refractivity contribution in [2.75, 3.05) is 0 Å². The fourth-order valence-corrected chi connectivity index (χ4v) is 2.53. The molecule has 6 heteroatoms. The Morgan fingerprint density at radius 2 is 1.59 bits per heavy atom. The van der Waals surface area contributed by atoms with Gasteiger partial charge in [0.1, 0.15) is 35.3 Å². The molecule has 2 nitrogen and oxygen atoms in total. The number of hydrogen-bond acceptors (Lipinski definition) is 2. The third-order valence-electron chi connectivity index (χ3n) is 3.76. The summed E-state index contributed by atoms with van der Waals surface area (Å²) in [5, 5.41) is 0. The summed E-state index contributed by atoms with van der Waals surface area (Å²) in [6.07, 6.45) is -3.97. The summed E-state index contributed by atoms with van der Waals surface area (Å²) < 4.78 is 66.2. The Bertz CT molecular complexity index is 906. The van der Waals surface area contributed by atoms with Gasteiger partial charge in [-0.3, -0.25) is 0 Å². The molecule has 0 saturated carbocycles. The van der Waals surface area contributed by atoms with E-state index < -0.39 is 23.3 Å². The van der Waals surface area contributed by atoms with Crippen molar-refractivity contribution in [2.24, 2.45) is 0 Å². The van der Waals surface area contributed by atoms with Crippen LogP contribution in [0.25, 0.3) is 0 Å². The molecule has 140 valence electrons. The molecule has 27 heavy (non-hydrogen) atoms. The number of alkyl halides is 2. The molecule has 0 unspecified atom stereocenters. The van der Waals surface area contributed by atoms with Crippen molar-refractivity contribution in [2.45, 2.75) is 19.6 Å². The van der Waals surface area contributed by atoms with Crippen molar-refractivity contribution in [3.63, 3.8) is 0 Å². The summed E-state index contributed by atoms with van der Waals surface area (Å²) in [6.45, 7) is 1.71. The average molecular weight is 376 g/mol. The van der Waals surface area contributed by atoms with Gasteiger partial charge in [0.25, 0.3) is 0 Å². The van der Waals surface area contributed by atoms with Gasteiger partial charge >= 0.3 is 6.11 Å². The second kappa shape index (κ2) is 7.70. The highest BCUT2D eigenvalue weighted by molar-refractivity contribution is 5.33. The lowest BCUT2D eigenvalue weighted by atomic mass is 10.1. The third-order valence-corrected chi connectivity index (χ3v) is 3.76. The first-order valence-electron chi connectivity index (χ1n) is 8.14. The highest BCUT2D eigenvalue weighted by Crippen LogP contribution is 2.35. The molecule has 0 bridgehead atoms. The van der Waals surface area contributed by atoms with Crippen molar-refractivity contribution in [3.8, 4) is 11.5 Å². The Morgan fingerprint density at radius 3 is 2.26 bits per heavy atom. The molecular formula is C21H16F4O2. The molecule has 0 radical (unpaired) electrons. The van der Waals surface area contributed by atoms with E-state index in [1.807, 2.05) is 30.3 Å². The summed E-state index contributed by atoms with van der Waals surface area (Å²) in [7, 11) is 0. The van der Waals surface area contributed by atoms with Gasteiger partial charge in [0.15, 0.2) is 0 Å². The molecule has 0 heterocycles. The maximum atomic E-state index is 14.3. The van der Waals surface area contributed by atoms with E-state index >= 15 is 0 Å². The van der Waals surface area contributed by atoms with Gasteiger partial charge in [-0.15, -0.1) is 0 Å². The Labute approximate surface area is 154 Å². The molecule has 0 spiro atoms. The minimum absolute atomic E-state index is 0.109. The monoisotopic (exact) mass is 376 g/mol. The van der Waals surface area contributed by atoms with Gasteiger partial charge in [-0.05, 0) is 42.3 Å². The molecular weight excluding hydrogens is 360 g/mol. The normalized spacial score (nSPS) is 11.3.